The number of rotatable bonds is 2. The van der Waals surface area contributed by atoms with E-state index in [2.05, 4.69) is 6.58 Å². The molecule has 0 bridgehead atoms. The molecule has 0 heterocycles. The van der Waals surface area contributed by atoms with Gasteiger partial charge in [0.25, 0.3) is 0 Å². The molecule has 0 aromatic carbocycles. The van der Waals surface area contributed by atoms with E-state index in [1.807, 2.05) is 6.92 Å². The molecule has 0 fully saturated rings. The highest BCUT2D eigenvalue weighted by molar-refractivity contribution is 4.92. The summed E-state index contributed by atoms with van der Waals surface area (Å²) in [5.74, 6) is 0. The number of ether oxygens (including phenoxy) is 1. The van der Waals surface area contributed by atoms with Crippen LogP contribution in [0.5, 0.6) is 0 Å². The molecular weight excluding hydrogens is 90.1 g/mol. The molecule has 0 spiro atoms. The van der Waals surface area contributed by atoms with Gasteiger partial charge in [-0.1, -0.05) is 6.58 Å². The minimum atomic E-state index is -0.0139. The van der Waals surface area contributed by atoms with E-state index in [0.29, 0.717) is 5.70 Å². The van der Waals surface area contributed by atoms with Gasteiger partial charge in [0.15, 0.2) is 0 Å². The largest absolute Gasteiger partial charge is 0.400 e. The molecule has 0 aromatic heterocycles. The molecule has 0 saturated heterocycles. The average molecular weight is 101 g/mol. The van der Waals surface area contributed by atoms with Crippen LogP contribution in [-0.2, 0) is 4.74 Å². The summed E-state index contributed by atoms with van der Waals surface area (Å²) in [6.07, 6.45) is -0.0139. The second-order valence-electron chi connectivity index (χ2n) is 1.45. The molecule has 0 aliphatic rings. The molecule has 0 radical (unpaired) electrons. The maximum atomic E-state index is 5.23. The first-order valence-corrected chi connectivity index (χ1v) is 2.15. The van der Waals surface area contributed by atoms with Gasteiger partial charge in [0, 0.05) is 12.8 Å². The Morgan fingerprint density at radius 3 is 2.29 bits per heavy atom. The van der Waals surface area contributed by atoms with Crippen LogP contribution in [0.1, 0.15) is 6.92 Å². The van der Waals surface area contributed by atoms with Gasteiger partial charge in [-0.05, 0) is 6.92 Å². The van der Waals surface area contributed by atoms with Crippen molar-refractivity contribution in [1.29, 1.82) is 0 Å². The molecule has 2 N–H and O–H groups in total. The highest BCUT2D eigenvalue weighted by Crippen LogP contribution is 1.91. The third-order valence-electron chi connectivity index (χ3n) is 0.876. The average Bonchev–Trinajstić information content (AvgIpc) is 1.65. The molecule has 1 atom stereocenters. The van der Waals surface area contributed by atoms with E-state index in [0.717, 1.165) is 0 Å². The fraction of sp³-hybridized carbons (Fsp3) is 0.600. The summed E-state index contributed by atoms with van der Waals surface area (Å²) in [5.41, 5.74) is 5.80. The lowest BCUT2D eigenvalue weighted by molar-refractivity contribution is 0.146. The molecular formula is C5H11NO. The zero-order valence-electron chi connectivity index (χ0n) is 4.77. The Balaban J connectivity index is 3.34. The van der Waals surface area contributed by atoms with Crippen LogP contribution in [0, 0.1) is 0 Å². The van der Waals surface area contributed by atoms with E-state index in [-0.39, 0.29) is 6.10 Å². The first-order valence-electron chi connectivity index (χ1n) is 2.15. The maximum absolute atomic E-state index is 5.23. The summed E-state index contributed by atoms with van der Waals surface area (Å²) in [7, 11) is 1.60. The first kappa shape index (κ1) is 6.50. The van der Waals surface area contributed by atoms with E-state index in [1.165, 1.54) is 0 Å². The standard InChI is InChI=1S/C5H11NO/c1-4(6)5(2)7-3/h5H,1,6H2,2-3H3/t5-/m0/s1. The van der Waals surface area contributed by atoms with Crippen molar-refractivity contribution in [2.75, 3.05) is 7.11 Å². The van der Waals surface area contributed by atoms with E-state index in [1.54, 1.807) is 7.11 Å². The second kappa shape index (κ2) is 2.64. The smallest absolute Gasteiger partial charge is 0.0929 e. The third-order valence-corrected chi connectivity index (χ3v) is 0.876. The Labute approximate surface area is 44.0 Å². The lowest BCUT2D eigenvalue weighted by atomic mass is 10.3. The summed E-state index contributed by atoms with van der Waals surface area (Å²) in [4.78, 5) is 0. The summed E-state index contributed by atoms with van der Waals surface area (Å²) in [6.45, 7) is 5.33. The van der Waals surface area contributed by atoms with Crippen molar-refractivity contribution in [3.05, 3.63) is 12.3 Å². The number of methoxy groups -OCH3 is 1. The van der Waals surface area contributed by atoms with Gasteiger partial charge in [-0.3, -0.25) is 0 Å². The van der Waals surface area contributed by atoms with Gasteiger partial charge >= 0.3 is 0 Å². The molecule has 2 heteroatoms. The maximum Gasteiger partial charge on any atom is 0.0929 e. The molecule has 0 aliphatic heterocycles. The van der Waals surface area contributed by atoms with E-state index in [9.17, 15) is 0 Å². The Morgan fingerprint density at radius 2 is 2.29 bits per heavy atom. The van der Waals surface area contributed by atoms with Gasteiger partial charge in [0.05, 0.1) is 6.10 Å². The molecule has 0 unspecified atom stereocenters. The zero-order chi connectivity index (χ0) is 5.86. The lowest BCUT2D eigenvalue weighted by Gasteiger charge is -2.05. The monoisotopic (exact) mass is 101 g/mol. The van der Waals surface area contributed by atoms with Crippen LogP contribution < -0.4 is 5.73 Å². The number of nitrogens with two attached hydrogens (primary N) is 1. The summed E-state index contributed by atoms with van der Waals surface area (Å²) in [6, 6.07) is 0. The number of hydrogen-bond acceptors (Lipinski definition) is 2. The summed E-state index contributed by atoms with van der Waals surface area (Å²) < 4.78 is 4.79. The predicted octanol–water partition coefficient (Wildman–Crippen LogP) is 0.494. The summed E-state index contributed by atoms with van der Waals surface area (Å²) >= 11 is 0. The molecule has 0 saturated carbocycles. The molecule has 0 aromatic rings. The van der Waals surface area contributed by atoms with Gasteiger partial charge in [0.2, 0.25) is 0 Å². The normalized spacial score (nSPS) is 13.4. The quantitative estimate of drug-likeness (QED) is 0.549. The number of hydrogen-bond donors (Lipinski definition) is 1. The van der Waals surface area contributed by atoms with Crippen molar-refractivity contribution >= 4 is 0 Å². The van der Waals surface area contributed by atoms with Crippen molar-refractivity contribution in [3.63, 3.8) is 0 Å². The fourth-order valence-electron chi connectivity index (χ4n) is 0.151. The Kier molecular flexibility index (Phi) is 2.45. The zero-order valence-corrected chi connectivity index (χ0v) is 4.77. The van der Waals surface area contributed by atoms with Gasteiger partial charge in [-0.15, -0.1) is 0 Å². The SMILES string of the molecule is C=C(N)[C@H](C)OC. The summed E-state index contributed by atoms with van der Waals surface area (Å²) in [5, 5.41) is 0. The van der Waals surface area contributed by atoms with Crippen molar-refractivity contribution in [1.82, 2.24) is 0 Å². The van der Waals surface area contributed by atoms with E-state index >= 15 is 0 Å². The van der Waals surface area contributed by atoms with Crippen LogP contribution in [-0.4, -0.2) is 13.2 Å². The Bertz CT molecular complexity index is 70.5. The van der Waals surface area contributed by atoms with Gasteiger partial charge in [-0.25, -0.2) is 0 Å². The minimum Gasteiger partial charge on any atom is -0.400 e. The van der Waals surface area contributed by atoms with Gasteiger partial charge in [-0.2, -0.15) is 0 Å². The van der Waals surface area contributed by atoms with Gasteiger partial charge in [0.1, 0.15) is 0 Å². The van der Waals surface area contributed by atoms with Crippen LogP contribution in [0.4, 0.5) is 0 Å². The van der Waals surface area contributed by atoms with E-state index in [4.69, 9.17) is 10.5 Å². The minimum absolute atomic E-state index is 0.0139. The molecule has 0 amide bonds. The van der Waals surface area contributed by atoms with E-state index < -0.39 is 0 Å². The van der Waals surface area contributed by atoms with Gasteiger partial charge < -0.3 is 10.5 Å². The molecule has 0 aliphatic carbocycles. The topological polar surface area (TPSA) is 35.2 Å². The molecule has 7 heavy (non-hydrogen) atoms. The first-order chi connectivity index (χ1) is 3.18. The molecule has 2 nitrogen and oxygen atoms in total. The predicted molar refractivity (Wildman–Crippen MR) is 29.8 cm³/mol. The van der Waals surface area contributed by atoms with Crippen molar-refractivity contribution in [2.45, 2.75) is 13.0 Å². The van der Waals surface area contributed by atoms with Crippen LogP contribution in [0.15, 0.2) is 12.3 Å². The van der Waals surface area contributed by atoms with Crippen LogP contribution in [0.2, 0.25) is 0 Å². The van der Waals surface area contributed by atoms with Crippen LogP contribution >= 0.6 is 0 Å². The van der Waals surface area contributed by atoms with Crippen LogP contribution in [0.25, 0.3) is 0 Å². The van der Waals surface area contributed by atoms with Crippen molar-refractivity contribution < 1.29 is 4.74 Å². The van der Waals surface area contributed by atoms with Crippen molar-refractivity contribution in [3.8, 4) is 0 Å². The third kappa shape index (κ3) is 2.23. The Morgan fingerprint density at radius 1 is 1.86 bits per heavy atom. The second-order valence-corrected chi connectivity index (χ2v) is 1.45. The van der Waals surface area contributed by atoms with Crippen molar-refractivity contribution in [2.24, 2.45) is 5.73 Å². The highest BCUT2D eigenvalue weighted by Gasteiger charge is 1.95. The highest BCUT2D eigenvalue weighted by atomic mass is 16.5. The molecule has 0 rings (SSSR count). The lowest BCUT2D eigenvalue weighted by Crippen LogP contribution is -2.14. The Hall–Kier alpha value is -0.500. The fourth-order valence-corrected chi connectivity index (χ4v) is 0.151. The van der Waals surface area contributed by atoms with Crippen LogP contribution in [0.3, 0.4) is 0 Å². The molecule has 42 valence electrons.